The summed E-state index contributed by atoms with van der Waals surface area (Å²) in [6.07, 6.45) is 0.551. The van der Waals surface area contributed by atoms with Gasteiger partial charge in [-0.1, -0.05) is 35.9 Å². The van der Waals surface area contributed by atoms with Crippen LogP contribution in [0.2, 0.25) is 0 Å². The Bertz CT molecular complexity index is 608. The van der Waals surface area contributed by atoms with Crippen LogP contribution in [0.4, 0.5) is 8.78 Å². The van der Waals surface area contributed by atoms with Gasteiger partial charge in [-0.15, -0.1) is 0 Å². The van der Waals surface area contributed by atoms with Crippen LogP contribution < -0.4 is 5.32 Å². The van der Waals surface area contributed by atoms with E-state index in [-0.39, 0.29) is 11.6 Å². The summed E-state index contributed by atoms with van der Waals surface area (Å²) in [6, 6.07) is 10.4. The van der Waals surface area contributed by atoms with Crippen molar-refractivity contribution in [3.63, 3.8) is 0 Å². The monoisotopic (exact) mass is 275 g/mol. The Morgan fingerprint density at radius 3 is 2.50 bits per heavy atom. The van der Waals surface area contributed by atoms with Crippen LogP contribution >= 0.6 is 0 Å². The normalized spacial score (nSPS) is 12.4. The van der Waals surface area contributed by atoms with E-state index in [2.05, 4.69) is 5.32 Å². The molecular weight excluding hydrogens is 256 g/mol. The SMILES string of the molecule is CNC(Cc1cccc(C)c1)c1c(F)ccc(C)c1F. The molecule has 0 amide bonds. The molecule has 0 aromatic heterocycles. The lowest BCUT2D eigenvalue weighted by atomic mass is 9.96. The molecule has 2 aromatic rings. The predicted molar refractivity (Wildman–Crippen MR) is 77.8 cm³/mol. The highest BCUT2D eigenvalue weighted by molar-refractivity contribution is 5.31. The summed E-state index contributed by atoms with van der Waals surface area (Å²) in [6.45, 7) is 3.66. The van der Waals surface area contributed by atoms with Crippen LogP contribution in [0.3, 0.4) is 0 Å². The maximum Gasteiger partial charge on any atom is 0.133 e. The molecule has 1 N–H and O–H groups in total. The summed E-state index contributed by atoms with van der Waals surface area (Å²) >= 11 is 0. The van der Waals surface area contributed by atoms with E-state index in [0.29, 0.717) is 12.0 Å². The van der Waals surface area contributed by atoms with E-state index in [9.17, 15) is 8.78 Å². The Balaban J connectivity index is 2.36. The van der Waals surface area contributed by atoms with Gasteiger partial charge in [0.15, 0.2) is 0 Å². The fourth-order valence-corrected chi connectivity index (χ4v) is 2.42. The molecule has 1 nitrogen and oxygen atoms in total. The van der Waals surface area contributed by atoms with E-state index in [1.807, 2.05) is 31.2 Å². The van der Waals surface area contributed by atoms with E-state index < -0.39 is 11.6 Å². The Hall–Kier alpha value is -1.74. The third-order valence-corrected chi connectivity index (χ3v) is 3.54. The zero-order chi connectivity index (χ0) is 14.7. The zero-order valence-electron chi connectivity index (χ0n) is 12.0. The van der Waals surface area contributed by atoms with E-state index in [1.165, 1.54) is 12.1 Å². The molecule has 0 aliphatic carbocycles. The van der Waals surface area contributed by atoms with Gasteiger partial charge in [0.2, 0.25) is 0 Å². The molecule has 0 saturated heterocycles. The van der Waals surface area contributed by atoms with Crippen LogP contribution in [0.1, 0.15) is 28.3 Å². The second kappa shape index (κ2) is 6.14. The third-order valence-electron chi connectivity index (χ3n) is 3.54. The van der Waals surface area contributed by atoms with Crippen LogP contribution in [0.25, 0.3) is 0 Å². The summed E-state index contributed by atoms with van der Waals surface area (Å²) in [7, 11) is 1.72. The molecule has 0 saturated carbocycles. The summed E-state index contributed by atoms with van der Waals surface area (Å²) < 4.78 is 28.2. The third kappa shape index (κ3) is 3.05. The molecule has 2 aromatic carbocycles. The van der Waals surface area contributed by atoms with Crippen LogP contribution in [-0.2, 0) is 6.42 Å². The minimum absolute atomic E-state index is 0.119. The average Bonchev–Trinajstić information content (AvgIpc) is 2.42. The van der Waals surface area contributed by atoms with Gasteiger partial charge >= 0.3 is 0 Å². The highest BCUT2D eigenvalue weighted by atomic mass is 19.1. The Kier molecular flexibility index (Phi) is 4.50. The van der Waals surface area contributed by atoms with Gasteiger partial charge < -0.3 is 5.32 Å². The molecular formula is C17H19F2N. The van der Waals surface area contributed by atoms with E-state index in [4.69, 9.17) is 0 Å². The molecule has 20 heavy (non-hydrogen) atoms. The van der Waals surface area contributed by atoms with Crippen LogP contribution in [0.15, 0.2) is 36.4 Å². The minimum atomic E-state index is -0.500. The van der Waals surface area contributed by atoms with Gasteiger partial charge in [0.25, 0.3) is 0 Å². The lowest BCUT2D eigenvalue weighted by molar-refractivity contribution is 0.486. The van der Waals surface area contributed by atoms with E-state index in [1.54, 1.807) is 14.0 Å². The number of rotatable bonds is 4. The lowest BCUT2D eigenvalue weighted by Crippen LogP contribution is -2.22. The Morgan fingerprint density at radius 2 is 1.85 bits per heavy atom. The number of benzene rings is 2. The average molecular weight is 275 g/mol. The molecule has 0 bridgehead atoms. The van der Waals surface area contributed by atoms with Crippen molar-refractivity contribution in [2.45, 2.75) is 26.3 Å². The predicted octanol–water partition coefficient (Wildman–Crippen LogP) is 4.08. The first-order chi connectivity index (χ1) is 9.52. The van der Waals surface area contributed by atoms with Gasteiger partial charge in [-0.2, -0.15) is 0 Å². The van der Waals surface area contributed by atoms with Gasteiger partial charge in [-0.25, -0.2) is 8.78 Å². The molecule has 0 aliphatic heterocycles. The van der Waals surface area contributed by atoms with Crippen LogP contribution in [0, 0.1) is 25.5 Å². The smallest absolute Gasteiger partial charge is 0.133 e. The second-order valence-corrected chi connectivity index (χ2v) is 5.13. The van der Waals surface area contributed by atoms with E-state index in [0.717, 1.165) is 11.1 Å². The van der Waals surface area contributed by atoms with Gasteiger partial charge in [0, 0.05) is 11.6 Å². The van der Waals surface area contributed by atoms with Crippen molar-refractivity contribution in [1.29, 1.82) is 0 Å². The molecule has 1 atom stereocenters. The summed E-state index contributed by atoms with van der Waals surface area (Å²) in [4.78, 5) is 0. The molecule has 1 unspecified atom stereocenters. The van der Waals surface area contributed by atoms with Gasteiger partial charge in [-0.3, -0.25) is 0 Å². The summed E-state index contributed by atoms with van der Waals surface area (Å²) in [5.41, 5.74) is 2.78. The topological polar surface area (TPSA) is 12.0 Å². The first kappa shape index (κ1) is 14.7. The first-order valence-electron chi connectivity index (χ1n) is 6.70. The standard InChI is InChI=1S/C17H19F2N/c1-11-5-4-6-13(9-11)10-15(20-3)16-14(18)8-7-12(2)17(16)19/h4-9,15,20H,10H2,1-3H3. The number of likely N-dealkylation sites (N-methyl/N-ethyl adjacent to an activating group) is 1. The van der Waals surface area contributed by atoms with Gasteiger partial charge in [0.05, 0.1) is 0 Å². The molecule has 0 aliphatic rings. The highest BCUT2D eigenvalue weighted by Crippen LogP contribution is 2.26. The van der Waals surface area contributed by atoms with Gasteiger partial charge in [0.1, 0.15) is 11.6 Å². The van der Waals surface area contributed by atoms with Crippen molar-refractivity contribution in [1.82, 2.24) is 5.32 Å². The van der Waals surface area contributed by atoms with Crippen molar-refractivity contribution >= 4 is 0 Å². The number of nitrogens with one attached hydrogen (secondary N) is 1. The van der Waals surface area contributed by atoms with Crippen molar-refractivity contribution in [2.24, 2.45) is 0 Å². The number of aryl methyl sites for hydroxylation is 2. The molecule has 0 spiro atoms. The van der Waals surface area contributed by atoms with Gasteiger partial charge in [-0.05, 0) is 44.5 Å². The molecule has 106 valence electrons. The van der Waals surface area contributed by atoms with Crippen molar-refractivity contribution < 1.29 is 8.78 Å². The van der Waals surface area contributed by atoms with Crippen LogP contribution in [-0.4, -0.2) is 7.05 Å². The fourth-order valence-electron chi connectivity index (χ4n) is 2.42. The molecule has 3 heteroatoms. The molecule has 0 radical (unpaired) electrons. The quantitative estimate of drug-likeness (QED) is 0.886. The zero-order valence-corrected chi connectivity index (χ0v) is 12.0. The Labute approximate surface area is 118 Å². The maximum absolute atomic E-state index is 14.2. The largest absolute Gasteiger partial charge is 0.313 e. The number of hydrogen-bond donors (Lipinski definition) is 1. The van der Waals surface area contributed by atoms with E-state index >= 15 is 0 Å². The summed E-state index contributed by atoms with van der Waals surface area (Å²) in [5.74, 6) is -0.961. The Morgan fingerprint density at radius 1 is 1.10 bits per heavy atom. The lowest BCUT2D eigenvalue weighted by Gasteiger charge is -2.19. The molecule has 2 rings (SSSR count). The highest BCUT2D eigenvalue weighted by Gasteiger charge is 2.20. The first-order valence-corrected chi connectivity index (χ1v) is 6.70. The molecule has 0 heterocycles. The second-order valence-electron chi connectivity index (χ2n) is 5.13. The maximum atomic E-state index is 14.2. The minimum Gasteiger partial charge on any atom is -0.313 e. The number of hydrogen-bond acceptors (Lipinski definition) is 1. The van der Waals surface area contributed by atoms with Crippen LogP contribution in [0.5, 0.6) is 0 Å². The van der Waals surface area contributed by atoms with Crippen molar-refractivity contribution in [3.05, 3.63) is 70.3 Å². The molecule has 0 fully saturated rings. The summed E-state index contributed by atoms with van der Waals surface area (Å²) in [5, 5.41) is 3.02. The number of halogens is 2. The van der Waals surface area contributed by atoms with Crippen molar-refractivity contribution in [3.8, 4) is 0 Å². The fraction of sp³-hybridized carbons (Fsp3) is 0.294. The van der Waals surface area contributed by atoms with Crippen molar-refractivity contribution in [2.75, 3.05) is 7.05 Å².